The van der Waals surface area contributed by atoms with Crippen molar-refractivity contribution < 1.29 is 9.53 Å². The summed E-state index contributed by atoms with van der Waals surface area (Å²) in [5.74, 6) is 0.208. The van der Waals surface area contributed by atoms with E-state index in [1.165, 1.54) is 32.1 Å². The van der Waals surface area contributed by atoms with E-state index in [9.17, 15) is 4.79 Å². The molecule has 0 unspecified atom stereocenters. The van der Waals surface area contributed by atoms with Crippen molar-refractivity contribution in [2.75, 3.05) is 6.61 Å². The number of carbonyl (C=O) groups is 1. The Morgan fingerprint density at radius 1 is 1.16 bits per heavy atom. The lowest BCUT2D eigenvalue weighted by Crippen LogP contribution is -2.17. The third-order valence-corrected chi connectivity index (χ3v) is 4.15. The van der Waals surface area contributed by atoms with Gasteiger partial charge in [-0.3, -0.25) is 4.79 Å². The Bertz CT molecular complexity index is 394. The molecule has 0 aromatic heterocycles. The minimum absolute atomic E-state index is 0.208. The maximum atomic E-state index is 11.9. The maximum Gasteiger partial charge on any atom is 0.162 e. The Kier molecular flexibility index (Phi) is 6.05. The molecule has 1 aliphatic carbocycles. The van der Waals surface area contributed by atoms with Crippen LogP contribution in [0.3, 0.4) is 0 Å². The van der Waals surface area contributed by atoms with Gasteiger partial charge < -0.3 is 4.74 Å². The van der Waals surface area contributed by atoms with Crippen molar-refractivity contribution >= 4 is 21.7 Å². The Morgan fingerprint density at radius 2 is 1.84 bits per heavy atom. The molecule has 3 heteroatoms. The van der Waals surface area contributed by atoms with Crippen LogP contribution >= 0.6 is 15.9 Å². The average molecular weight is 325 g/mol. The van der Waals surface area contributed by atoms with Crippen LogP contribution in [0.5, 0.6) is 0 Å². The van der Waals surface area contributed by atoms with Gasteiger partial charge in [0.1, 0.15) is 0 Å². The fourth-order valence-electron chi connectivity index (χ4n) is 2.49. The molecule has 0 heterocycles. The number of ketones is 1. The maximum absolute atomic E-state index is 11.9. The second kappa shape index (κ2) is 7.81. The predicted octanol–water partition coefficient (Wildman–Crippen LogP) is 4.76. The van der Waals surface area contributed by atoms with Gasteiger partial charge in [0.15, 0.2) is 5.78 Å². The van der Waals surface area contributed by atoms with Gasteiger partial charge in [-0.15, -0.1) is 0 Å². The number of hydrogen-bond donors (Lipinski definition) is 0. The second-order valence-electron chi connectivity index (χ2n) is 5.16. The van der Waals surface area contributed by atoms with Crippen LogP contribution in [0.4, 0.5) is 0 Å². The van der Waals surface area contributed by atoms with Gasteiger partial charge in [-0.05, 0) is 31.4 Å². The number of benzene rings is 1. The summed E-state index contributed by atoms with van der Waals surface area (Å²) in [7, 11) is 0. The zero-order valence-electron chi connectivity index (χ0n) is 11.2. The lowest BCUT2D eigenvalue weighted by molar-refractivity contribution is 0.0264. The second-order valence-corrected chi connectivity index (χ2v) is 6.08. The summed E-state index contributed by atoms with van der Waals surface area (Å²) in [4.78, 5) is 11.9. The lowest BCUT2D eigenvalue weighted by Gasteiger charge is -2.21. The molecule has 0 radical (unpaired) electrons. The first-order valence-electron chi connectivity index (χ1n) is 7.16. The van der Waals surface area contributed by atoms with Crippen molar-refractivity contribution in [3.8, 4) is 0 Å². The molecule has 0 bridgehead atoms. The summed E-state index contributed by atoms with van der Waals surface area (Å²) in [6.45, 7) is 0.715. The Hall–Kier alpha value is -0.670. The molecule has 0 amide bonds. The van der Waals surface area contributed by atoms with Crippen LogP contribution in [0.25, 0.3) is 0 Å². The minimum Gasteiger partial charge on any atom is -0.378 e. The van der Waals surface area contributed by atoms with E-state index >= 15 is 0 Å². The molecule has 19 heavy (non-hydrogen) atoms. The van der Waals surface area contributed by atoms with Crippen LogP contribution < -0.4 is 0 Å². The minimum atomic E-state index is 0.208. The first-order valence-corrected chi connectivity index (χ1v) is 7.95. The van der Waals surface area contributed by atoms with E-state index in [1.807, 2.05) is 24.3 Å². The molecular weight excluding hydrogens is 304 g/mol. The molecule has 0 N–H and O–H groups in total. The molecule has 2 nitrogen and oxygen atoms in total. The predicted molar refractivity (Wildman–Crippen MR) is 80.5 cm³/mol. The molecule has 1 fully saturated rings. The van der Waals surface area contributed by atoms with E-state index in [2.05, 4.69) is 15.9 Å². The topological polar surface area (TPSA) is 26.3 Å². The quantitative estimate of drug-likeness (QED) is 0.557. The summed E-state index contributed by atoms with van der Waals surface area (Å²) in [6, 6.07) is 7.56. The van der Waals surface area contributed by atoms with Crippen molar-refractivity contribution in [1.82, 2.24) is 0 Å². The summed E-state index contributed by atoms with van der Waals surface area (Å²) in [5, 5.41) is 0. The lowest BCUT2D eigenvalue weighted by atomic mass is 9.98. The number of carbonyl (C=O) groups excluding carboxylic acids is 1. The SMILES string of the molecule is O=C(CCCOC1CCCCC1)c1ccc(Br)cc1. The van der Waals surface area contributed by atoms with Gasteiger partial charge in [0.05, 0.1) is 6.10 Å². The zero-order valence-corrected chi connectivity index (χ0v) is 12.8. The largest absolute Gasteiger partial charge is 0.378 e. The van der Waals surface area contributed by atoms with Crippen molar-refractivity contribution in [1.29, 1.82) is 0 Å². The van der Waals surface area contributed by atoms with Gasteiger partial charge in [-0.25, -0.2) is 0 Å². The fourth-order valence-corrected chi connectivity index (χ4v) is 2.76. The molecule has 1 aliphatic rings. The van der Waals surface area contributed by atoms with E-state index in [0.717, 1.165) is 16.5 Å². The van der Waals surface area contributed by atoms with Crippen molar-refractivity contribution in [3.05, 3.63) is 34.3 Å². The molecule has 0 atom stereocenters. The number of halogens is 1. The number of rotatable bonds is 6. The van der Waals surface area contributed by atoms with Gasteiger partial charge in [0.25, 0.3) is 0 Å². The van der Waals surface area contributed by atoms with Gasteiger partial charge in [-0.1, -0.05) is 47.3 Å². The molecule has 1 aromatic carbocycles. The van der Waals surface area contributed by atoms with Gasteiger partial charge in [-0.2, -0.15) is 0 Å². The summed E-state index contributed by atoms with van der Waals surface area (Å²) in [6.07, 6.45) is 8.17. The summed E-state index contributed by atoms with van der Waals surface area (Å²) >= 11 is 3.37. The van der Waals surface area contributed by atoms with Crippen molar-refractivity contribution in [2.45, 2.75) is 51.0 Å². The Balaban J connectivity index is 1.64. The Morgan fingerprint density at radius 3 is 2.53 bits per heavy atom. The Labute approximate surface area is 123 Å². The van der Waals surface area contributed by atoms with Crippen LogP contribution in [0.15, 0.2) is 28.7 Å². The molecule has 0 saturated heterocycles. The summed E-state index contributed by atoms with van der Waals surface area (Å²) < 4.78 is 6.83. The standard InChI is InChI=1S/C16H21BrO2/c17-14-10-8-13(9-11-14)16(18)7-4-12-19-15-5-2-1-3-6-15/h8-11,15H,1-7,12H2. The van der Waals surface area contributed by atoms with Gasteiger partial charge >= 0.3 is 0 Å². The molecule has 104 valence electrons. The molecule has 2 rings (SSSR count). The molecule has 1 aromatic rings. The number of hydrogen-bond acceptors (Lipinski definition) is 2. The molecule has 0 aliphatic heterocycles. The smallest absolute Gasteiger partial charge is 0.162 e. The zero-order chi connectivity index (χ0) is 13.5. The highest BCUT2D eigenvalue weighted by Gasteiger charge is 2.13. The highest BCUT2D eigenvalue weighted by molar-refractivity contribution is 9.10. The molecular formula is C16H21BrO2. The summed E-state index contributed by atoms with van der Waals surface area (Å²) in [5.41, 5.74) is 0.792. The van der Waals surface area contributed by atoms with Crippen LogP contribution in [-0.2, 0) is 4.74 Å². The molecule has 0 spiro atoms. The highest BCUT2D eigenvalue weighted by Crippen LogP contribution is 2.20. The van der Waals surface area contributed by atoms with Crippen molar-refractivity contribution in [2.24, 2.45) is 0 Å². The third kappa shape index (κ3) is 5.07. The van der Waals surface area contributed by atoms with Crippen molar-refractivity contribution in [3.63, 3.8) is 0 Å². The van der Waals surface area contributed by atoms with Crippen LogP contribution in [-0.4, -0.2) is 18.5 Å². The van der Waals surface area contributed by atoms with E-state index < -0.39 is 0 Å². The van der Waals surface area contributed by atoms with E-state index in [4.69, 9.17) is 4.74 Å². The first-order chi connectivity index (χ1) is 9.25. The van der Waals surface area contributed by atoms with E-state index in [1.54, 1.807) is 0 Å². The highest BCUT2D eigenvalue weighted by atomic mass is 79.9. The van der Waals surface area contributed by atoms with Crippen LogP contribution in [0.1, 0.15) is 55.3 Å². The van der Waals surface area contributed by atoms with E-state index in [-0.39, 0.29) is 5.78 Å². The average Bonchev–Trinajstić information content (AvgIpc) is 2.45. The number of Topliss-reactive ketones (excluding diaryl/α,β-unsaturated/α-hetero) is 1. The number of ether oxygens (including phenoxy) is 1. The van der Waals surface area contributed by atoms with Gasteiger partial charge in [0, 0.05) is 23.1 Å². The van der Waals surface area contributed by atoms with Crippen LogP contribution in [0.2, 0.25) is 0 Å². The van der Waals surface area contributed by atoms with Gasteiger partial charge in [0.2, 0.25) is 0 Å². The van der Waals surface area contributed by atoms with E-state index in [0.29, 0.717) is 19.1 Å². The van der Waals surface area contributed by atoms with Crippen LogP contribution in [0, 0.1) is 0 Å². The molecule has 1 saturated carbocycles. The normalized spacial score (nSPS) is 16.5. The monoisotopic (exact) mass is 324 g/mol. The third-order valence-electron chi connectivity index (χ3n) is 3.62. The fraction of sp³-hybridized carbons (Fsp3) is 0.562. The first kappa shape index (κ1) is 14.7.